The highest BCUT2D eigenvalue weighted by molar-refractivity contribution is 5.57. The summed E-state index contributed by atoms with van der Waals surface area (Å²) in [7, 11) is 0. The number of aromatic nitrogens is 2. The maximum atomic E-state index is 5.81. The van der Waals surface area contributed by atoms with E-state index in [0.29, 0.717) is 5.82 Å². The molecule has 1 aromatic heterocycles. The number of nitrogens with zero attached hydrogens (tertiary/aromatic N) is 2. The summed E-state index contributed by atoms with van der Waals surface area (Å²) in [6.45, 7) is 0. The van der Waals surface area contributed by atoms with Crippen LogP contribution in [0.5, 0.6) is 0 Å². The van der Waals surface area contributed by atoms with Crippen LogP contribution in [0.3, 0.4) is 0 Å². The van der Waals surface area contributed by atoms with E-state index in [1.54, 1.807) is 6.20 Å². The van der Waals surface area contributed by atoms with Gasteiger partial charge in [0.15, 0.2) is 5.82 Å². The highest BCUT2D eigenvalue weighted by Gasteiger charge is 2.04. The molecule has 1 heterocycles. The molecule has 0 bridgehead atoms. The van der Waals surface area contributed by atoms with Gasteiger partial charge >= 0.3 is 0 Å². The fourth-order valence-electron chi connectivity index (χ4n) is 1.11. The fourth-order valence-corrected chi connectivity index (χ4v) is 1.11. The van der Waals surface area contributed by atoms with Crippen molar-refractivity contribution in [1.29, 1.82) is 0 Å². The zero-order valence-corrected chi connectivity index (χ0v) is 7.01. The third kappa shape index (κ3) is 1.52. The van der Waals surface area contributed by atoms with Gasteiger partial charge in [-0.25, -0.2) is 5.84 Å². The van der Waals surface area contributed by atoms with E-state index in [9.17, 15) is 0 Å². The normalized spacial score (nSPS) is 9.92. The Morgan fingerprint density at radius 1 is 1.15 bits per heavy atom. The molecular weight excluding hydrogens is 164 g/mol. The molecule has 13 heavy (non-hydrogen) atoms. The topological polar surface area (TPSA) is 57.9 Å². The van der Waals surface area contributed by atoms with Crippen molar-refractivity contribution in [2.45, 2.75) is 0 Å². The summed E-state index contributed by atoms with van der Waals surface area (Å²) < 4.78 is 0. The van der Waals surface area contributed by atoms with Crippen LogP contribution >= 0.6 is 0 Å². The lowest BCUT2D eigenvalue weighted by Crippen LogP contribution is -2.25. The number of H-pyrrole nitrogens is 1. The second-order valence-electron chi connectivity index (χ2n) is 2.64. The fraction of sp³-hybridized carbons (Fsp3) is 0. The quantitative estimate of drug-likeness (QED) is 0.534. The molecule has 0 aliphatic carbocycles. The Balaban J connectivity index is 2.29. The van der Waals surface area contributed by atoms with Gasteiger partial charge in [0.05, 0.1) is 5.69 Å². The minimum atomic E-state index is 0.700. The zero-order chi connectivity index (χ0) is 9.10. The van der Waals surface area contributed by atoms with Crippen molar-refractivity contribution >= 4 is 11.5 Å². The summed E-state index contributed by atoms with van der Waals surface area (Å²) in [6.07, 6.45) is 1.73. The molecule has 0 radical (unpaired) electrons. The Morgan fingerprint density at radius 2 is 1.92 bits per heavy atom. The van der Waals surface area contributed by atoms with Crippen molar-refractivity contribution in [3.05, 3.63) is 42.6 Å². The lowest BCUT2D eigenvalue weighted by Gasteiger charge is -2.14. The summed E-state index contributed by atoms with van der Waals surface area (Å²) in [5, 5.41) is 8.20. The van der Waals surface area contributed by atoms with E-state index in [0.717, 1.165) is 5.69 Å². The minimum absolute atomic E-state index is 0.700. The Kier molecular flexibility index (Phi) is 1.97. The molecule has 3 N–H and O–H groups in total. The number of hydrogen-bond acceptors (Lipinski definition) is 3. The number of rotatable bonds is 2. The van der Waals surface area contributed by atoms with Crippen LogP contribution in [-0.2, 0) is 0 Å². The van der Waals surface area contributed by atoms with Crippen molar-refractivity contribution in [2.24, 2.45) is 5.84 Å². The van der Waals surface area contributed by atoms with Crippen LogP contribution in [-0.4, -0.2) is 10.2 Å². The number of hydrogen-bond donors (Lipinski definition) is 2. The molecular formula is C9H10N4. The van der Waals surface area contributed by atoms with Gasteiger partial charge in [0, 0.05) is 12.3 Å². The van der Waals surface area contributed by atoms with E-state index in [2.05, 4.69) is 10.2 Å². The smallest absolute Gasteiger partial charge is 0.169 e. The molecule has 0 amide bonds. The molecule has 4 nitrogen and oxygen atoms in total. The van der Waals surface area contributed by atoms with Crippen molar-refractivity contribution in [1.82, 2.24) is 10.2 Å². The number of nitrogens with one attached hydrogen (secondary N) is 1. The van der Waals surface area contributed by atoms with Crippen LogP contribution in [0.4, 0.5) is 11.5 Å². The molecule has 0 aliphatic rings. The molecule has 0 spiro atoms. The average molecular weight is 174 g/mol. The molecule has 0 saturated carbocycles. The van der Waals surface area contributed by atoms with Gasteiger partial charge in [-0.15, -0.1) is 0 Å². The first-order valence-electron chi connectivity index (χ1n) is 3.97. The van der Waals surface area contributed by atoms with Crippen molar-refractivity contribution < 1.29 is 0 Å². The largest absolute Gasteiger partial charge is 0.284 e. The monoisotopic (exact) mass is 174 g/mol. The first-order chi connectivity index (χ1) is 6.38. The summed E-state index contributed by atoms with van der Waals surface area (Å²) >= 11 is 0. The van der Waals surface area contributed by atoms with Crippen LogP contribution in [0, 0.1) is 0 Å². The van der Waals surface area contributed by atoms with E-state index >= 15 is 0 Å². The van der Waals surface area contributed by atoms with Gasteiger partial charge in [0.1, 0.15) is 0 Å². The van der Waals surface area contributed by atoms with Crippen LogP contribution in [0.1, 0.15) is 0 Å². The third-order valence-electron chi connectivity index (χ3n) is 1.77. The van der Waals surface area contributed by atoms with E-state index < -0.39 is 0 Å². The molecule has 0 saturated heterocycles. The van der Waals surface area contributed by atoms with Crippen LogP contribution in [0.2, 0.25) is 0 Å². The summed E-state index contributed by atoms with van der Waals surface area (Å²) in [5.41, 5.74) is 0.912. The van der Waals surface area contributed by atoms with Gasteiger partial charge in [0.25, 0.3) is 0 Å². The maximum Gasteiger partial charge on any atom is 0.169 e. The van der Waals surface area contributed by atoms with Gasteiger partial charge in [0.2, 0.25) is 0 Å². The van der Waals surface area contributed by atoms with Gasteiger partial charge in [-0.1, -0.05) is 18.2 Å². The molecule has 2 rings (SSSR count). The minimum Gasteiger partial charge on any atom is -0.284 e. The number of anilines is 2. The summed E-state index contributed by atoms with van der Waals surface area (Å²) in [4.78, 5) is 0. The molecule has 0 unspecified atom stereocenters. The first kappa shape index (κ1) is 7.82. The molecule has 0 atom stereocenters. The second kappa shape index (κ2) is 3.28. The van der Waals surface area contributed by atoms with E-state index in [4.69, 9.17) is 5.84 Å². The van der Waals surface area contributed by atoms with Crippen molar-refractivity contribution in [2.75, 3.05) is 5.01 Å². The van der Waals surface area contributed by atoms with Crippen LogP contribution in [0.15, 0.2) is 42.6 Å². The molecule has 2 aromatic rings. The number of para-hydroxylation sites is 1. The number of aromatic amines is 1. The van der Waals surface area contributed by atoms with Crippen LogP contribution in [0.25, 0.3) is 0 Å². The van der Waals surface area contributed by atoms with Gasteiger partial charge < -0.3 is 0 Å². The van der Waals surface area contributed by atoms with Crippen LogP contribution < -0.4 is 10.9 Å². The average Bonchev–Trinajstić information content (AvgIpc) is 2.71. The number of hydrazine groups is 1. The lowest BCUT2D eigenvalue weighted by molar-refractivity contribution is 0.995. The SMILES string of the molecule is NN(c1ccccc1)c1cc[nH]n1. The zero-order valence-electron chi connectivity index (χ0n) is 7.01. The lowest BCUT2D eigenvalue weighted by atomic mass is 10.3. The molecule has 1 aromatic carbocycles. The molecule has 0 fully saturated rings. The number of benzene rings is 1. The van der Waals surface area contributed by atoms with E-state index in [-0.39, 0.29) is 0 Å². The van der Waals surface area contributed by atoms with Gasteiger partial charge in [-0.2, -0.15) is 5.10 Å². The Labute approximate surface area is 76.0 Å². The van der Waals surface area contributed by atoms with E-state index in [1.807, 2.05) is 36.4 Å². The van der Waals surface area contributed by atoms with Gasteiger partial charge in [-0.05, 0) is 12.1 Å². The highest BCUT2D eigenvalue weighted by atomic mass is 15.4. The van der Waals surface area contributed by atoms with Crippen molar-refractivity contribution in [3.8, 4) is 0 Å². The van der Waals surface area contributed by atoms with E-state index in [1.165, 1.54) is 5.01 Å². The Morgan fingerprint density at radius 3 is 2.54 bits per heavy atom. The first-order valence-corrected chi connectivity index (χ1v) is 3.97. The van der Waals surface area contributed by atoms with Gasteiger partial charge in [-0.3, -0.25) is 10.1 Å². The van der Waals surface area contributed by atoms with Crippen molar-refractivity contribution in [3.63, 3.8) is 0 Å². The summed E-state index contributed by atoms with van der Waals surface area (Å²) in [5.74, 6) is 6.51. The maximum absolute atomic E-state index is 5.81. The molecule has 0 aliphatic heterocycles. The molecule has 66 valence electrons. The second-order valence-corrected chi connectivity index (χ2v) is 2.64. The predicted molar refractivity (Wildman–Crippen MR) is 51.4 cm³/mol. The standard InChI is InChI=1S/C9H10N4/c10-13(9-6-7-11-12-9)8-4-2-1-3-5-8/h1-7H,10H2,(H,11,12). The Bertz CT molecular complexity index is 354. The summed E-state index contributed by atoms with van der Waals surface area (Å²) in [6, 6.07) is 11.5. The highest BCUT2D eigenvalue weighted by Crippen LogP contribution is 2.17. The molecule has 4 heteroatoms. The predicted octanol–water partition coefficient (Wildman–Crippen LogP) is 1.42. The Hall–Kier alpha value is -1.81. The third-order valence-corrected chi connectivity index (χ3v) is 1.77. The number of nitrogens with two attached hydrogens (primary N) is 1.